The van der Waals surface area contributed by atoms with Crippen molar-refractivity contribution in [2.75, 3.05) is 0 Å². The van der Waals surface area contributed by atoms with Gasteiger partial charge >= 0.3 is 0 Å². The third-order valence-electron chi connectivity index (χ3n) is 6.27. The Labute approximate surface area is 246 Å². The number of pyridine rings is 1. The van der Waals surface area contributed by atoms with Crippen LogP contribution in [0.15, 0.2) is 16.7 Å². The quantitative estimate of drug-likeness (QED) is 0.134. The van der Waals surface area contributed by atoms with Crippen LogP contribution < -0.4 is 0 Å². The Balaban J connectivity index is 2.36. The summed E-state index contributed by atoms with van der Waals surface area (Å²) in [6, 6.07) is 4.45. The average Bonchev–Trinajstić information content (AvgIpc) is 3.74. The van der Waals surface area contributed by atoms with Gasteiger partial charge in [0.2, 0.25) is 0 Å². The number of halogens is 12. The number of allylic oxidation sites excluding steroid dienone is 6. The van der Waals surface area contributed by atoms with Gasteiger partial charge in [0.25, 0.3) is 11.9 Å². The maximum atomic E-state index is 15.0. The number of aromatic nitrogens is 1. The second-order valence-corrected chi connectivity index (χ2v) is 8.52. The molecule has 3 aromatic rings. The van der Waals surface area contributed by atoms with Crippen LogP contribution in [-0.2, 0) is 0 Å². The molecule has 0 saturated heterocycles. The molecule has 1 heterocycles. The van der Waals surface area contributed by atoms with E-state index in [-0.39, 0.29) is 0 Å². The fraction of sp³-hybridized carbons (Fsp3) is 0. The zero-order valence-corrected chi connectivity index (χ0v) is 21.2. The van der Waals surface area contributed by atoms with Crippen LogP contribution >= 0.6 is 0 Å². The lowest BCUT2D eigenvalue weighted by Gasteiger charge is -2.08. The van der Waals surface area contributed by atoms with Crippen molar-refractivity contribution in [3.05, 3.63) is 115 Å². The summed E-state index contributed by atoms with van der Waals surface area (Å²) in [7, 11) is 0. The average molecular weight is 648 g/mol. The molecular weight excluding hydrogens is 648 g/mol. The maximum absolute atomic E-state index is 15.0. The summed E-state index contributed by atoms with van der Waals surface area (Å²) in [5.74, 6) is -29.5. The molecule has 1 fully saturated rings. The van der Waals surface area contributed by atoms with E-state index < -0.39 is 131 Å². The zero-order valence-electron chi connectivity index (χ0n) is 21.2. The van der Waals surface area contributed by atoms with Crippen LogP contribution in [-0.4, -0.2) is 4.98 Å². The number of hydrogen-bond acceptors (Lipinski definition) is 6. The summed E-state index contributed by atoms with van der Waals surface area (Å²) in [5.41, 5.74) is -19.2. The molecule has 18 heteroatoms. The molecule has 0 spiro atoms. The molecule has 226 valence electrons. The number of hydrogen-bond donors (Lipinski definition) is 0. The smallest absolute Gasteiger partial charge is 0.203 e. The Morgan fingerprint density at radius 1 is 0.370 bits per heavy atom. The van der Waals surface area contributed by atoms with Crippen molar-refractivity contribution in [3.63, 3.8) is 0 Å². The highest BCUT2D eigenvalue weighted by Gasteiger charge is 2.46. The van der Waals surface area contributed by atoms with E-state index >= 15 is 0 Å². The first-order valence-electron chi connectivity index (χ1n) is 11.3. The molecule has 0 aliphatic heterocycles. The van der Waals surface area contributed by atoms with Crippen LogP contribution in [0.4, 0.5) is 52.7 Å². The SMILES string of the molecule is N#CC(=C1C(=C(C#N)c2c(F)c(F)c(C#N)c(F)c2F)C1=C(C#N)c1c(F)c(F)c(C#N)c(F)c1F)c1c(F)c(F)nc(F)c1F. The van der Waals surface area contributed by atoms with Crippen molar-refractivity contribution in [2.45, 2.75) is 0 Å². The van der Waals surface area contributed by atoms with Crippen molar-refractivity contribution in [3.8, 4) is 30.3 Å². The van der Waals surface area contributed by atoms with Crippen molar-refractivity contribution < 1.29 is 52.7 Å². The Kier molecular flexibility index (Phi) is 8.08. The molecule has 0 N–H and O–H groups in total. The van der Waals surface area contributed by atoms with Gasteiger partial charge < -0.3 is 0 Å². The summed E-state index contributed by atoms with van der Waals surface area (Å²) in [5, 5.41) is 46.8. The Bertz CT molecular complexity index is 2080. The molecule has 1 aliphatic rings. The van der Waals surface area contributed by atoms with Crippen LogP contribution in [0.25, 0.3) is 16.7 Å². The Morgan fingerprint density at radius 3 is 0.826 bits per heavy atom. The van der Waals surface area contributed by atoms with E-state index in [1.54, 1.807) is 0 Å². The van der Waals surface area contributed by atoms with Crippen LogP contribution in [0, 0.1) is 127 Å². The summed E-state index contributed by atoms with van der Waals surface area (Å²) in [4.78, 5) is 2.22. The third kappa shape index (κ3) is 4.47. The highest BCUT2D eigenvalue weighted by Crippen LogP contribution is 2.57. The standard InChI is InChI=1S/C28F12N6/c29-17-9(4-44)18(30)22(34)14(21(17)33)6(1-41)11-12(7(2-42)15-23(35)19(31)10(5-45)20(32)24(15)36)13(11)8(3-43)16-25(37)27(39)46-28(40)26(16)38. The van der Waals surface area contributed by atoms with Crippen molar-refractivity contribution in [1.82, 2.24) is 4.98 Å². The largest absolute Gasteiger partial charge is 0.252 e. The molecule has 1 aliphatic carbocycles. The second kappa shape index (κ2) is 11.5. The molecule has 0 radical (unpaired) electrons. The van der Waals surface area contributed by atoms with E-state index in [2.05, 4.69) is 4.98 Å². The van der Waals surface area contributed by atoms with Gasteiger partial charge in [-0.2, -0.15) is 40.1 Å². The first kappa shape index (κ1) is 32.3. The van der Waals surface area contributed by atoms with Gasteiger partial charge in [-0.15, -0.1) is 0 Å². The molecule has 1 saturated carbocycles. The predicted molar refractivity (Wildman–Crippen MR) is 124 cm³/mol. The molecule has 6 nitrogen and oxygen atoms in total. The van der Waals surface area contributed by atoms with E-state index in [1.165, 1.54) is 0 Å². The van der Waals surface area contributed by atoms with Gasteiger partial charge in [0, 0.05) is 16.7 Å². The number of benzene rings is 2. The molecule has 1 aromatic heterocycles. The lowest BCUT2D eigenvalue weighted by Crippen LogP contribution is -2.06. The predicted octanol–water partition coefficient (Wildman–Crippen LogP) is 6.74. The van der Waals surface area contributed by atoms with Crippen molar-refractivity contribution in [2.24, 2.45) is 0 Å². The maximum Gasteiger partial charge on any atom is 0.252 e. The molecule has 2 aromatic carbocycles. The van der Waals surface area contributed by atoms with E-state index in [9.17, 15) is 68.5 Å². The monoisotopic (exact) mass is 648 g/mol. The van der Waals surface area contributed by atoms with Crippen LogP contribution in [0.1, 0.15) is 27.8 Å². The number of nitriles is 5. The van der Waals surface area contributed by atoms with Gasteiger partial charge in [0.15, 0.2) is 58.2 Å². The summed E-state index contributed by atoms with van der Waals surface area (Å²) < 4.78 is 175. The fourth-order valence-electron chi connectivity index (χ4n) is 4.25. The molecule has 4 rings (SSSR count). The van der Waals surface area contributed by atoms with Gasteiger partial charge in [-0.3, -0.25) is 0 Å². The Morgan fingerprint density at radius 2 is 0.609 bits per heavy atom. The molecular formula is C28F12N6. The van der Waals surface area contributed by atoms with Crippen molar-refractivity contribution >= 4 is 16.7 Å². The molecule has 0 amide bonds. The molecule has 0 unspecified atom stereocenters. The lowest BCUT2D eigenvalue weighted by molar-refractivity contribution is 0.404. The van der Waals surface area contributed by atoms with Gasteiger partial charge in [-0.1, -0.05) is 0 Å². The lowest BCUT2D eigenvalue weighted by atomic mass is 9.99. The van der Waals surface area contributed by atoms with Crippen LogP contribution in [0.5, 0.6) is 0 Å². The summed E-state index contributed by atoms with van der Waals surface area (Å²) >= 11 is 0. The second-order valence-electron chi connectivity index (χ2n) is 8.52. The van der Waals surface area contributed by atoms with Gasteiger partial charge in [0.1, 0.15) is 41.5 Å². The van der Waals surface area contributed by atoms with Crippen LogP contribution in [0.3, 0.4) is 0 Å². The zero-order chi connectivity index (χ0) is 34.5. The minimum atomic E-state index is -2.51. The molecule has 0 atom stereocenters. The van der Waals surface area contributed by atoms with Crippen molar-refractivity contribution in [1.29, 1.82) is 26.3 Å². The first-order chi connectivity index (χ1) is 21.7. The highest BCUT2D eigenvalue weighted by molar-refractivity contribution is 6.12. The highest BCUT2D eigenvalue weighted by atomic mass is 19.2. The Hall–Kier alpha value is -6.58. The van der Waals surface area contributed by atoms with Gasteiger partial charge in [0.05, 0.1) is 33.4 Å². The minimum absolute atomic E-state index is 0.774. The summed E-state index contributed by atoms with van der Waals surface area (Å²) in [6.45, 7) is 0. The van der Waals surface area contributed by atoms with Crippen LogP contribution in [0.2, 0.25) is 0 Å². The number of nitrogens with zero attached hydrogens (tertiary/aromatic N) is 6. The van der Waals surface area contributed by atoms with E-state index in [0.717, 1.165) is 30.3 Å². The van der Waals surface area contributed by atoms with E-state index in [0.29, 0.717) is 0 Å². The first-order valence-corrected chi connectivity index (χ1v) is 11.3. The third-order valence-corrected chi connectivity index (χ3v) is 6.27. The molecule has 46 heavy (non-hydrogen) atoms. The molecule has 0 bridgehead atoms. The summed E-state index contributed by atoms with van der Waals surface area (Å²) in [6.07, 6.45) is 0. The van der Waals surface area contributed by atoms with E-state index in [1.807, 2.05) is 0 Å². The topological polar surface area (TPSA) is 132 Å². The van der Waals surface area contributed by atoms with Gasteiger partial charge in [-0.05, 0) is 0 Å². The fourth-order valence-corrected chi connectivity index (χ4v) is 4.25. The van der Waals surface area contributed by atoms with E-state index in [4.69, 9.17) is 10.5 Å². The number of rotatable bonds is 3. The normalized spacial score (nSPS) is 14.0. The van der Waals surface area contributed by atoms with Gasteiger partial charge in [-0.25, -0.2) is 43.9 Å². The minimum Gasteiger partial charge on any atom is -0.203 e.